The number of amides is 1. The van der Waals surface area contributed by atoms with Crippen LogP contribution < -0.4 is 20.3 Å². The molecule has 116 valence electrons. The molecule has 0 saturated heterocycles. The Morgan fingerprint density at radius 2 is 1.86 bits per heavy atom. The van der Waals surface area contributed by atoms with Crippen LogP contribution in [0.15, 0.2) is 41.3 Å². The van der Waals surface area contributed by atoms with E-state index in [0.29, 0.717) is 17.2 Å². The highest BCUT2D eigenvalue weighted by Crippen LogP contribution is 2.26. The van der Waals surface area contributed by atoms with Crippen molar-refractivity contribution < 1.29 is 14.3 Å². The Bertz CT molecular complexity index is 704. The maximum Gasteiger partial charge on any atom is 0.267 e. The van der Waals surface area contributed by atoms with Crippen LogP contribution >= 0.6 is 0 Å². The second-order valence-electron chi connectivity index (χ2n) is 4.57. The molecule has 0 bridgehead atoms. The lowest BCUT2D eigenvalue weighted by Crippen LogP contribution is -2.32. The third-order valence-corrected chi connectivity index (χ3v) is 3.11. The van der Waals surface area contributed by atoms with Crippen LogP contribution in [0, 0.1) is 0 Å². The summed E-state index contributed by atoms with van der Waals surface area (Å²) in [6, 6.07) is 7.15. The maximum atomic E-state index is 12.3. The van der Waals surface area contributed by atoms with Crippen LogP contribution in [0.5, 0.6) is 11.5 Å². The van der Waals surface area contributed by atoms with Gasteiger partial charge < -0.3 is 14.8 Å². The van der Waals surface area contributed by atoms with Crippen molar-refractivity contribution in [3.63, 3.8) is 0 Å². The fourth-order valence-corrected chi connectivity index (χ4v) is 1.90. The topological polar surface area (TPSA) is 82.5 Å². The first kappa shape index (κ1) is 15.6. The zero-order valence-corrected chi connectivity index (χ0v) is 12.6. The number of hydrogen-bond acceptors (Lipinski definition) is 5. The van der Waals surface area contributed by atoms with Gasteiger partial charge in [-0.2, -0.15) is 5.10 Å². The molecule has 7 nitrogen and oxygen atoms in total. The van der Waals surface area contributed by atoms with Gasteiger partial charge in [0, 0.05) is 36.1 Å². The number of carbonyl (C=O) groups excluding carboxylic acids is 1. The Morgan fingerprint density at radius 1 is 1.23 bits per heavy atom. The normalized spacial score (nSPS) is 11.6. The van der Waals surface area contributed by atoms with Gasteiger partial charge in [-0.15, -0.1) is 0 Å². The number of benzene rings is 1. The number of anilines is 1. The van der Waals surface area contributed by atoms with Crippen LogP contribution in [0.4, 0.5) is 5.69 Å². The second kappa shape index (κ2) is 6.75. The summed E-state index contributed by atoms with van der Waals surface area (Å²) in [7, 11) is 3.05. The zero-order valence-electron chi connectivity index (χ0n) is 12.6. The Balaban J connectivity index is 2.21. The Morgan fingerprint density at radius 3 is 2.41 bits per heavy atom. The van der Waals surface area contributed by atoms with E-state index < -0.39 is 6.04 Å². The predicted molar refractivity (Wildman–Crippen MR) is 81.4 cm³/mol. The lowest BCUT2D eigenvalue weighted by molar-refractivity contribution is -0.119. The lowest BCUT2D eigenvalue weighted by atomic mass is 10.2. The van der Waals surface area contributed by atoms with Gasteiger partial charge in [-0.3, -0.25) is 9.59 Å². The molecule has 22 heavy (non-hydrogen) atoms. The summed E-state index contributed by atoms with van der Waals surface area (Å²) < 4.78 is 11.4. The summed E-state index contributed by atoms with van der Waals surface area (Å²) in [5.74, 6) is 0.741. The van der Waals surface area contributed by atoms with E-state index in [1.54, 1.807) is 25.1 Å². The highest BCUT2D eigenvalue weighted by molar-refractivity contribution is 5.93. The van der Waals surface area contributed by atoms with E-state index >= 15 is 0 Å². The number of aromatic nitrogens is 2. The predicted octanol–water partition coefficient (Wildman–Crippen LogP) is 1.46. The van der Waals surface area contributed by atoms with Gasteiger partial charge in [0.2, 0.25) is 5.91 Å². The molecule has 0 aliphatic rings. The number of nitrogens with one attached hydrogen (secondary N) is 1. The van der Waals surface area contributed by atoms with E-state index in [2.05, 4.69) is 10.4 Å². The molecule has 7 heteroatoms. The molecule has 1 N–H and O–H groups in total. The van der Waals surface area contributed by atoms with E-state index in [1.807, 2.05) is 0 Å². The summed E-state index contributed by atoms with van der Waals surface area (Å²) >= 11 is 0. The Hall–Kier alpha value is -2.83. The second-order valence-corrected chi connectivity index (χ2v) is 4.57. The summed E-state index contributed by atoms with van der Waals surface area (Å²) in [4.78, 5) is 24.0. The minimum absolute atomic E-state index is 0.339. The number of hydrogen-bond donors (Lipinski definition) is 1. The van der Waals surface area contributed by atoms with Gasteiger partial charge >= 0.3 is 0 Å². The summed E-state index contributed by atoms with van der Waals surface area (Å²) in [5, 5.41) is 6.62. The van der Waals surface area contributed by atoms with E-state index in [0.717, 1.165) is 4.68 Å². The molecule has 1 heterocycles. The first-order valence-electron chi connectivity index (χ1n) is 6.63. The monoisotopic (exact) mass is 303 g/mol. The average Bonchev–Trinajstić information content (AvgIpc) is 2.54. The standard InChI is InChI=1S/C15H17N3O4/c1-10(18-14(19)5-4-6-16-18)15(20)17-11-7-12(21-2)9-13(8-11)22-3/h4-10H,1-3H3,(H,17,20). The Kier molecular flexibility index (Phi) is 4.77. The molecule has 0 aliphatic heterocycles. The molecule has 1 aromatic heterocycles. The van der Waals surface area contributed by atoms with Gasteiger partial charge in [-0.1, -0.05) is 0 Å². The van der Waals surface area contributed by atoms with Crippen LogP contribution in [0.1, 0.15) is 13.0 Å². The molecule has 1 unspecified atom stereocenters. The lowest BCUT2D eigenvalue weighted by Gasteiger charge is -2.14. The van der Waals surface area contributed by atoms with Crippen LogP contribution in [-0.2, 0) is 4.79 Å². The van der Waals surface area contributed by atoms with Gasteiger partial charge in [0.15, 0.2) is 0 Å². The third-order valence-electron chi connectivity index (χ3n) is 3.11. The molecule has 0 radical (unpaired) electrons. The zero-order chi connectivity index (χ0) is 16.1. The average molecular weight is 303 g/mol. The molecule has 0 saturated carbocycles. The van der Waals surface area contributed by atoms with Gasteiger partial charge in [-0.05, 0) is 13.0 Å². The van der Waals surface area contributed by atoms with Gasteiger partial charge in [-0.25, -0.2) is 4.68 Å². The molecule has 0 fully saturated rings. The van der Waals surface area contributed by atoms with Crippen molar-refractivity contribution in [1.29, 1.82) is 0 Å². The van der Waals surface area contributed by atoms with Gasteiger partial charge in [0.05, 0.1) is 14.2 Å². The minimum atomic E-state index is -0.745. The fraction of sp³-hybridized carbons (Fsp3) is 0.267. The van der Waals surface area contributed by atoms with E-state index in [1.165, 1.54) is 32.5 Å². The van der Waals surface area contributed by atoms with E-state index in [-0.39, 0.29) is 11.5 Å². The van der Waals surface area contributed by atoms with Crippen molar-refractivity contribution in [2.75, 3.05) is 19.5 Å². The largest absolute Gasteiger partial charge is 0.497 e. The fourth-order valence-electron chi connectivity index (χ4n) is 1.90. The number of rotatable bonds is 5. The molecular weight excluding hydrogens is 286 g/mol. The summed E-state index contributed by atoms with van der Waals surface area (Å²) in [6.45, 7) is 1.60. The van der Waals surface area contributed by atoms with Crippen LogP contribution in [-0.4, -0.2) is 29.9 Å². The van der Waals surface area contributed by atoms with Crippen molar-refractivity contribution in [3.05, 3.63) is 46.9 Å². The van der Waals surface area contributed by atoms with Crippen LogP contribution in [0.3, 0.4) is 0 Å². The molecular formula is C15H17N3O4. The van der Waals surface area contributed by atoms with Crippen molar-refractivity contribution in [2.45, 2.75) is 13.0 Å². The van der Waals surface area contributed by atoms with Crippen LogP contribution in [0.25, 0.3) is 0 Å². The first-order chi connectivity index (χ1) is 10.5. The Labute approximate surface area is 127 Å². The molecule has 1 aromatic carbocycles. The highest BCUT2D eigenvalue weighted by atomic mass is 16.5. The molecule has 2 rings (SSSR count). The molecule has 1 amide bonds. The number of carbonyl (C=O) groups is 1. The van der Waals surface area contributed by atoms with E-state index in [4.69, 9.17) is 9.47 Å². The van der Waals surface area contributed by atoms with Crippen LogP contribution in [0.2, 0.25) is 0 Å². The maximum absolute atomic E-state index is 12.3. The smallest absolute Gasteiger partial charge is 0.267 e. The third kappa shape index (κ3) is 3.43. The molecule has 0 spiro atoms. The van der Waals surface area contributed by atoms with Crippen molar-refractivity contribution >= 4 is 11.6 Å². The number of methoxy groups -OCH3 is 2. The molecule has 0 aliphatic carbocycles. The molecule has 1 atom stereocenters. The summed E-state index contributed by atoms with van der Waals surface area (Å²) in [6.07, 6.45) is 1.46. The van der Waals surface area contributed by atoms with E-state index in [9.17, 15) is 9.59 Å². The number of nitrogens with zero attached hydrogens (tertiary/aromatic N) is 2. The quantitative estimate of drug-likeness (QED) is 0.904. The van der Waals surface area contributed by atoms with Crippen molar-refractivity contribution in [1.82, 2.24) is 9.78 Å². The minimum Gasteiger partial charge on any atom is -0.497 e. The van der Waals surface area contributed by atoms with Gasteiger partial charge in [0.1, 0.15) is 17.5 Å². The van der Waals surface area contributed by atoms with Crippen molar-refractivity contribution in [3.8, 4) is 11.5 Å². The summed E-state index contributed by atoms with van der Waals surface area (Å²) in [5.41, 5.74) is 0.172. The van der Waals surface area contributed by atoms with Crippen molar-refractivity contribution in [2.24, 2.45) is 0 Å². The first-order valence-corrected chi connectivity index (χ1v) is 6.63. The van der Waals surface area contributed by atoms with Gasteiger partial charge in [0.25, 0.3) is 5.56 Å². The number of ether oxygens (including phenoxy) is 2. The highest BCUT2D eigenvalue weighted by Gasteiger charge is 2.17. The SMILES string of the molecule is COc1cc(NC(=O)C(C)n2ncccc2=O)cc(OC)c1. The molecule has 2 aromatic rings.